The number of rotatable bonds is 7. The van der Waals surface area contributed by atoms with Crippen LogP contribution in [0, 0.1) is 0 Å². The molecule has 0 aliphatic heterocycles. The highest BCUT2D eigenvalue weighted by Gasteiger charge is 2.18. The van der Waals surface area contributed by atoms with Gasteiger partial charge in [0.2, 0.25) is 5.95 Å². The van der Waals surface area contributed by atoms with Crippen molar-refractivity contribution < 1.29 is 0 Å². The van der Waals surface area contributed by atoms with E-state index in [0.29, 0.717) is 53.2 Å². The van der Waals surface area contributed by atoms with Gasteiger partial charge in [0.05, 0.1) is 6.54 Å². The number of imidazole rings is 1. The maximum atomic E-state index is 6.24. The van der Waals surface area contributed by atoms with Gasteiger partial charge in [0.1, 0.15) is 5.82 Å². The van der Waals surface area contributed by atoms with Crippen LogP contribution >= 0.6 is 11.6 Å². The van der Waals surface area contributed by atoms with Gasteiger partial charge in [-0.05, 0) is 36.2 Å². The summed E-state index contributed by atoms with van der Waals surface area (Å²) in [5, 5.41) is 3.76. The molecular weight excluding hydrogens is 412 g/mol. The van der Waals surface area contributed by atoms with E-state index in [2.05, 4.69) is 22.4 Å². The van der Waals surface area contributed by atoms with E-state index in [-0.39, 0.29) is 6.04 Å². The van der Waals surface area contributed by atoms with E-state index >= 15 is 0 Å². The lowest BCUT2D eigenvalue weighted by molar-refractivity contribution is 0.752. The molecule has 0 saturated carbocycles. The van der Waals surface area contributed by atoms with Crippen molar-refractivity contribution in [1.29, 1.82) is 0 Å². The van der Waals surface area contributed by atoms with Crippen LogP contribution in [0.5, 0.6) is 0 Å². The van der Waals surface area contributed by atoms with Crippen molar-refractivity contribution in [2.24, 2.45) is 5.73 Å². The number of halogens is 1. The summed E-state index contributed by atoms with van der Waals surface area (Å²) < 4.78 is 2.04. The molecule has 0 saturated heterocycles. The predicted molar refractivity (Wildman–Crippen MR) is 126 cm³/mol. The quantitative estimate of drug-likeness (QED) is 0.327. The van der Waals surface area contributed by atoms with Gasteiger partial charge < -0.3 is 27.1 Å². The molecule has 2 aromatic heterocycles. The number of nitrogens with one attached hydrogen (secondary N) is 1. The van der Waals surface area contributed by atoms with Crippen molar-refractivity contribution in [3.63, 3.8) is 0 Å². The standard InChI is InChI=1S/C22H25ClN8/c1-13(24)11-27-22-29-20(26)19-21(30-22)31(12-14-5-3-2-4-6-14)18(28-19)10-15-9-16(23)7-8-17(15)25/h2-9,13H,10-12,24-25H2,1H3,(H3,26,27,29,30). The number of hydrogen-bond donors (Lipinski definition) is 4. The fourth-order valence-electron chi connectivity index (χ4n) is 3.36. The van der Waals surface area contributed by atoms with Crippen LogP contribution in [0.2, 0.25) is 5.02 Å². The first-order valence-electron chi connectivity index (χ1n) is 10.0. The van der Waals surface area contributed by atoms with E-state index < -0.39 is 0 Å². The Morgan fingerprint density at radius 3 is 2.58 bits per heavy atom. The zero-order valence-electron chi connectivity index (χ0n) is 17.2. The highest BCUT2D eigenvalue weighted by atomic mass is 35.5. The SMILES string of the molecule is CC(N)CNc1nc(N)c2nc(Cc3cc(Cl)ccc3N)n(Cc3ccccc3)c2n1. The molecule has 4 rings (SSSR count). The summed E-state index contributed by atoms with van der Waals surface area (Å²) in [4.78, 5) is 13.8. The minimum absolute atomic E-state index is 0.0453. The van der Waals surface area contributed by atoms with Crippen LogP contribution in [0.4, 0.5) is 17.5 Å². The fourth-order valence-corrected chi connectivity index (χ4v) is 3.56. The van der Waals surface area contributed by atoms with Crippen molar-refractivity contribution >= 4 is 40.2 Å². The summed E-state index contributed by atoms with van der Waals surface area (Å²) in [6.45, 7) is 3.02. The Morgan fingerprint density at radius 2 is 1.84 bits per heavy atom. The molecule has 0 radical (unpaired) electrons. The number of fused-ring (bicyclic) bond motifs is 1. The first-order chi connectivity index (χ1) is 14.9. The van der Waals surface area contributed by atoms with Gasteiger partial charge in [-0.15, -0.1) is 0 Å². The second-order valence-electron chi connectivity index (χ2n) is 7.58. The smallest absolute Gasteiger partial charge is 0.226 e. The zero-order chi connectivity index (χ0) is 22.0. The molecule has 160 valence electrons. The first-order valence-corrected chi connectivity index (χ1v) is 10.4. The molecule has 31 heavy (non-hydrogen) atoms. The molecule has 0 bridgehead atoms. The lowest BCUT2D eigenvalue weighted by Gasteiger charge is -2.12. The van der Waals surface area contributed by atoms with Gasteiger partial charge >= 0.3 is 0 Å². The van der Waals surface area contributed by atoms with E-state index in [0.717, 1.165) is 17.0 Å². The maximum Gasteiger partial charge on any atom is 0.226 e. The van der Waals surface area contributed by atoms with Crippen molar-refractivity contribution in [2.45, 2.75) is 25.9 Å². The highest BCUT2D eigenvalue weighted by Crippen LogP contribution is 2.26. The monoisotopic (exact) mass is 436 g/mol. The third-order valence-corrected chi connectivity index (χ3v) is 5.16. The molecule has 4 aromatic rings. The van der Waals surface area contributed by atoms with Crippen LogP contribution < -0.4 is 22.5 Å². The summed E-state index contributed by atoms with van der Waals surface area (Å²) >= 11 is 6.19. The Balaban J connectivity index is 1.82. The van der Waals surface area contributed by atoms with E-state index in [1.54, 1.807) is 12.1 Å². The normalized spacial score (nSPS) is 12.2. The molecule has 7 N–H and O–H groups in total. The summed E-state index contributed by atoms with van der Waals surface area (Å²) in [5.41, 5.74) is 22.1. The first kappa shape index (κ1) is 20.9. The van der Waals surface area contributed by atoms with Crippen molar-refractivity contribution in [3.05, 3.63) is 70.5 Å². The van der Waals surface area contributed by atoms with Crippen LogP contribution in [0.1, 0.15) is 23.9 Å². The number of aromatic nitrogens is 4. The van der Waals surface area contributed by atoms with Gasteiger partial charge in [-0.1, -0.05) is 41.9 Å². The number of benzene rings is 2. The van der Waals surface area contributed by atoms with Gasteiger partial charge in [0, 0.05) is 29.7 Å². The van der Waals surface area contributed by atoms with Gasteiger partial charge in [0.15, 0.2) is 17.0 Å². The number of nitrogens with zero attached hydrogens (tertiary/aromatic N) is 4. The van der Waals surface area contributed by atoms with Crippen molar-refractivity contribution in [3.8, 4) is 0 Å². The molecule has 0 aliphatic rings. The zero-order valence-corrected chi connectivity index (χ0v) is 18.0. The number of hydrogen-bond acceptors (Lipinski definition) is 7. The number of anilines is 3. The van der Waals surface area contributed by atoms with Gasteiger partial charge in [-0.2, -0.15) is 9.97 Å². The minimum Gasteiger partial charge on any atom is -0.398 e. The highest BCUT2D eigenvalue weighted by molar-refractivity contribution is 6.30. The molecular formula is C22H25ClN8. The summed E-state index contributed by atoms with van der Waals surface area (Å²) in [6.07, 6.45) is 0.484. The van der Waals surface area contributed by atoms with Crippen molar-refractivity contribution in [2.75, 3.05) is 23.3 Å². The maximum absolute atomic E-state index is 6.24. The van der Waals surface area contributed by atoms with E-state index in [4.69, 9.17) is 38.8 Å². The summed E-state index contributed by atoms with van der Waals surface area (Å²) in [7, 11) is 0. The van der Waals surface area contributed by atoms with E-state index in [9.17, 15) is 0 Å². The van der Waals surface area contributed by atoms with Crippen LogP contribution in [0.25, 0.3) is 11.2 Å². The molecule has 2 heterocycles. The lowest BCUT2D eigenvalue weighted by atomic mass is 10.1. The van der Waals surface area contributed by atoms with Gasteiger partial charge in [-0.25, -0.2) is 4.98 Å². The van der Waals surface area contributed by atoms with Crippen LogP contribution in [-0.2, 0) is 13.0 Å². The average Bonchev–Trinajstić information content (AvgIpc) is 3.08. The minimum atomic E-state index is -0.0453. The Kier molecular flexibility index (Phi) is 5.92. The molecule has 0 fully saturated rings. The van der Waals surface area contributed by atoms with Crippen molar-refractivity contribution in [1.82, 2.24) is 19.5 Å². The average molecular weight is 437 g/mol. The van der Waals surface area contributed by atoms with Crippen LogP contribution in [0.3, 0.4) is 0 Å². The second-order valence-corrected chi connectivity index (χ2v) is 8.02. The Bertz CT molecular complexity index is 1200. The molecule has 1 atom stereocenters. The molecule has 2 aromatic carbocycles. The molecule has 0 amide bonds. The predicted octanol–water partition coefficient (Wildman–Crippen LogP) is 3.04. The largest absolute Gasteiger partial charge is 0.398 e. The number of nitrogens with two attached hydrogens (primary N) is 3. The van der Waals surface area contributed by atoms with Gasteiger partial charge in [0.25, 0.3) is 0 Å². The fraction of sp³-hybridized carbons (Fsp3) is 0.227. The van der Waals surface area contributed by atoms with Crippen LogP contribution in [0.15, 0.2) is 48.5 Å². The summed E-state index contributed by atoms with van der Waals surface area (Å²) in [5.74, 6) is 1.51. The number of nitrogen functional groups attached to an aromatic ring is 2. The Hall–Kier alpha value is -3.36. The molecule has 0 aliphatic carbocycles. The molecule has 9 heteroatoms. The molecule has 1 unspecified atom stereocenters. The van der Waals surface area contributed by atoms with E-state index in [1.807, 2.05) is 35.8 Å². The van der Waals surface area contributed by atoms with Gasteiger partial charge in [-0.3, -0.25) is 0 Å². The molecule has 0 spiro atoms. The lowest BCUT2D eigenvalue weighted by Crippen LogP contribution is -2.26. The Labute approximate surface area is 185 Å². The second kappa shape index (κ2) is 8.79. The Morgan fingerprint density at radius 1 is 1.06 bits per heavy atom. The van der Waals surface area contributed by atoms with Crippen LogP contribution in [-0.4, -0.2) is 32.1 Å². The topological polar surface area (TPSA) is 134 Å². The van der Waals surface area contributed by atoms with E-state index in [1.165, 1.54) is 0 Å². The third-order valence-electron chi connectivity index (χ3n) is 4.92. The summed E-state index contributed by atoms with van der Waals surface area (Å²) in [6, 6.07) is 15.5. The molecule has 8 nitrogen and oxygen atoms in total. The third kappa shape index (κ3) is 4.70.